The summed E-state index contributed by atoms with van der Waals surface area (Å²) in [4.78, 5) is 17.6. The van der Waals surface area contributed by atoms with Crippen molar-refractivity contribution < 1.29 is 51.0 Å². The third kappa shape index (κ3) is 7.51. The molecule has 9 nitrogen and oxygen atoms in total. The van der Waals surface area contributed by atoms with Gasteiger partial charge in [0.1, 0.15) is 29.6 Å². The number of fused-ring (bicyclic) bond motifs is 1. The maximum Gasteiger partial charge on any atom is 0.422 e. The van der Waals surface area contributed by atoms with E-state index < -0.39 is 63.2 Å². The minimum atomic E-state index is -5.30. The summed E-state index contributed by atoms with van der Waals surface area (Å²) in [6, 6.07) is 8.70. The number of nitrogens with zero attached hydrogens (tertiary/aromatic N) is 1. The van der Waals surface area contributed by atoms with Crippen molar-refractivity contribution in [2.75, 3.05) is 27.4 Å². The Morgan fingerprint density at radius 2 is 1.69 bits per heavy atom. The van der Waals surface area contributed by atoms with Crippen LogP contribution in [0.1, 0.15) is 74.1 Å². The van der Waals surface area contributed by atoms with E-state index in [2.05, 4.69) is 9.71 Å². The molecule has 3 atom stereocenters. The van der Waals surface area contributed by atoms with Crippen LogP contribution >= 0.6 is 0 Å². The highest BCUT2D eigenvalue weighted by atomic mass is 32.2. The largest absolute Gasteiger partial charge is 0.496 e. The zero-order valence-electron chi connectivity index (χ0n) is 27.6. The second-order valence-corrected chi connectivity index (χ2v) is 14.8. The van der Waals surface area contributed by atoms with E-state index in [4.69, 9.17) is 14.2 Å². The smallest absolute Gasteiger partial charge is 0.422 e. The fourth-order valence-corrected chi connectivity index (χ4v) is 6.23. The number of hydrogen-bond donors (Lipinski definition) is 3. The van der Waals surface area contributed by atoms with Crippen molar-refractivity contribution >= 4 is 16.8 Å². The second kappa shape index (κ2) is 14.1. The number of ketones is 1. The van der Waals surface area contributed by atoms with Gasteiger partial charge in [-0.2, -0.15) is 13.2 Å². The number of methoxy groups -OCH3 is 2. The van der Waals surface area contributed by atoms with Crippen molar-refractivity contribution in [3.63, 3.8) is 0 Å². The van der Waals surface area contributed by atoms with Crippen LogP contribution in [0, 0.1) is 5.82 Å². The Hall–Kier alpha value is -3.59. The summed E-state index contributed by atoms with van der Waals surface area (Å²) in [7, 11) is 1.07. The average Bonchev–Trinajstić information content (AvgIpc) is 3.36. The SMILES string of the molecule is COc1cc(C(=O)CC[C@@](O)(c2cc3c(c(-c4ccc(F)cc4)n2)OC[C@@]3(C)NS(=O)C(C)(C)C)C(F)(F)F)cc(OC)c1CCCO. The number of Topliss-reactive ketones (excluding diaryl/α,β-unsaturated/α-hetero) is 1. The first kappa shape index (κ1) is 37.2. The number of benzene rings is 2. The predicted molar refractivity (Wildman–Crippen MR) is 172 cm³/mol. The number of rotatable bonds is 13. The second-order valence-electron chi connectivity index (χ2n) is 12.8. The number of pyridine rings is 1. The van der Waals surface area contributed by atoms with Crippen LogP contribution in [-0.2, 0) is 28.5 Å². The molecule has 0 aliphatic carbocycles. The molecule has 14 heteroatoms. The zero-order chi connectivity index (χ0) is 35.7. The normalized spacial score (nSPS) is 18.1. The molecule has 3 N–H and O–H groups in total. The number of aliphatic hydroxyl groups excluding tert-OH is 1. The molecule has 48 heavy (non-hydrogen) atoms. The molecule has 1 aromatic heterocycles. The van der Waals surface area contributed by atoms with Crippen LogP contribution in [0.25, 0.3) is 11.3 Å². The lowest BCUT2D eigenvalue weighted by atomic mass is 9.86. The Morgan fingerprint density at radius 1 is 1.08 bits per heavy atom. The first-order valence-electron chi connectivity index (χ1n) is 15.2. The molecule has 2 aromatic carbocycles. The summed E-state index contributed by atoms with van der Waals surface area (Å²) in [5.41, 5.74) is -4.82. The van der Waals surface area contributed by atoms with Crippen LogP contribution in [0.3, 0.4) is 0 Å². The molecule has 1 aliphatic heterocycles. The highest BCUT2D eigenvalue weighted by Crippen LogP contribution is 2.49. The third-order valence-corrected chi connectivity index (χ3v) is 9.93. The lowest BCUT2D eigenvalue weighted by Gasteiger charge is -2.32. The van der Waals surface area contributed by atoms with Crippen LogP contribution in [0.2, 0.25) is 0 Å². The van der Waals surface area contributed by atoms with E-state index in [0.717, 1.165) is 18.2 Å². The quantitative estimate of drug-likeness (QED) is 0.149. The number of nitrogens with one attached hydrogen (secondary N) is 1. The molecule has 0 spiro atoms. The van der Waals surface area contributed by atoms with Gasteiger partial charge < -0.3 is 24.4 Å². The highest BCUT2D eigenvalue weighted by Gasteiger charge is 2.57. The fourth-order valence-electron chi connectivity index (χ4n) is 5.34. The van der Waals surface area contributed by atoms with E-state index in [1.165, 1.54) is 38.5 Å². The van der Waals surface area contributed by atoms with E-state index in [1.807, 2.05) is 0 Å². The first-order chi connectivity index (χ1) is 22.4. The van der Waals surface area contributed by atoms with Gasteiger partial charge in [0.15, 0.2) is 11.5 Å². The van der Waals surface area contributed by atoms with Crippen molar-refractivity contribution in [1.82, 2.24) is 9.71 Å². The molecule has 4 rings (SSSR count). The Bertz CT molecular complexity index is 1650. The number of carbonyl (C=O) groups excluding carboxylic acids is 1. The van der Waals surface area contributed by atoms with Gasteiger partial charge in [-0.25, -0.2) is 18.3 Å². The molecule has 0 amide bonds. The molecule has 3 aromatic rings. The van der Waals surface area contributed by atoms with Crippen LogP contribution in [0.4, 0.5) is 17.6 Å². The monoisotopic (exact) mass is 696 g/mol. The number of aromatic nitrogens is 1. The maximum atomic E-state index is 14.9. The highest BCUT2D eigenvalue weighted by molar-refractivity contribution is 7.84. The molecular formula is C34H40F4N2O7S. The van der Waals surface area contributed by atoms with Gasteiger partial charge in [-0.15, -0.1) is 0 Å². The summed E-state index contributed by atoms with van der Waals surface area (Å²) < 4.78 is 90.7. The first-order valence-corrected chi connectivity index (χ1v) is 16.4. The molecule has 1 aliphatic rings. The van der Waals surface area contributed by atoms with E-state index in [-0.39, 0.29) is 52.8 Å². The summed E-state index contributed by atoms with van der Waals surface area (Å²) >= 11 is 0. The molecule has 0 fully saturated rings. The third-order valence-electron chi connectivity index (χ3n) is 8.19. The number of carbonyl (C=O) groups is 1. The molecule has 0 saturated heterocycles. The number of halogens is 4. The lowest BCUT2D eigenvalue weighted by molar-refractivity contribution is -0.270. The molecule has 0 bridgehead atoms. The predicted octanol–water partition coefficient (Wildman–Crippen LogP) is 5.90. The minimum Gasteiger partial charge on any atom is -0.496 e. The standard InChI is InChI=1S/C34H40F4N2O7S/c1-31(2,3)48(44)40-32(4)19-47-30-24(32)18-28(39-29(30)20-9-11-22(35)12-10-20)33(43,34(36,37)38)14-13-25(42)21-16-26(45-5)23(8-7-15-41)27(17-21)46-6/h9-12,16-18,40-41,43H,7-8,13-15,19H2,1-6H3/t32-,33-,48?/m1/s1. The molecule has 1 unspecified atom stereocenters. The molecule has 0 saturated carbocycles. The van der Waals surface area contributed by atoms with Gasteiger partial charge in [-0.1, -0.05) is 0 Å². The van der Waals surface area contributed by atoms with Crippen molar-refractivity contribution in [2.24, 2.45) is 0 Å². The van der Waals surface area contributed by atoms with Gasteiger partial charge in [0.2, 0.25) is 5.60 Å². The topological polar surface area (TPSA) is 127 Å². The van der Waals surface area contributed by atoms with Gasteiger partial charge in [0.25, 0.3) is 0 Å². The van der Waals surface area contributed by atoms with E-state index in [9.17, 15) is 36.8 Å². The molecule has 0 radical (unpaired) electrons. The van der Waals surface area contributed by atoms with Crippen LogP contribution < -0.4 is 18.9 Å². The molecule has 262 valence electrons. The Kier molecular flexibility index (Phi) is 10.9. The molecular weight excluding hydrogens is 656 g/mol. The summed E-state index contributed by atoms with van der Waals surface area (Å²) in [6.07, 6.45) is -6.39. The van der Waals surface area contributed by atoms with Crippen LogP contribution in [-0.4, -0.2) is 63.5 Å². The van der Waals surface area contributed by atoms with Crippen molar-refractivity contribution in [3.8, 4) is 28.5 Å². The Morgan fingerprint density at radius 3 is 2.21 bits per heavy atom. The van der Waals surface area contributed by atoms with Gasteiger partial charge in [0, 0.05) is 35.3 Å². The van der Waals surface area contributed by atoms with Crippen LogP contribution in [0.5, 0.6) is 17.2 Å². The Balaban J connectivity index is 1.80. The Labute approximate surface area is 279 Å². The number of hydrogen-bond acceptors (Lipinski definition) is 8. The fraction of sp³-hybridized carbons (Fsp3) is 0.471. The summed E-state index contributed by atoms with van der Waals surface area (Å²) in [6.45, 7) is 6.58. The maximum absolute atomic E-state index is 14.9. The lowest BCUT2D eigenvalue weighted by Crippen LogP contribution is -2.47. The van der Waals surface area contributed by atoms with Gasteiger partial charge in [-0.05, 0) is 89.4 Å². The average molecular weight is 697 g/mol. The van der Waals surface area contributed by atoms with E-state index in [0.29, 0.717) is 18.4 Å². The summed E-state index contributed by atoms with van der Waals surface area (Å²) in [5, 5.41) is 20.7. The van der Waals surface area contributed by atoms with Crippen molar-refractivity contribution in [3.05, 3.63) is 70.7 Å². The summed E-state index contributed by atoms with van der Waals surface area (Å²) in [5.74, 6) is -0.688. The van der Waals surface area contributed by atoms with Gasteiger partial charge in [0.05, 0.1) is 41.2 Å². The van der Waals surface area contributed by atoms with Gasteiger partial charge >= 0.3 is 6.18 Å². The van der Waals surface area contributed by atoms with Crippen molar-refractivity contribution in [1.29, 1.82) is 0 Å². The number of alkyl halides is 3. The zero-order valence-corrected chi connectivity index (χ0v) is 28.4. The van der Waals surface area contributed by atoms with E-state index >= 15 is 0 Å². The van der Waals surface area contributed by atoms with Crippen LogP contribution in [0.15, 0.2) is 42.5 Å². The van der Waals surface area contributed by atoms with E-state index in [1.54, 1.807) is 27.7 Å². The van der Waals surface area contributed by atoms with Crippen molar-refractivity contribution in [2.45, 2.75) is 75.4 Å². The van der Waals surface area contributed by atoms with Gasteiger partial charge in [-0.3, -0.25) is 4.79 Å². The number of aliphatic hydroxyl groups is 2. The number of ether oxygens (including phenoxy) is 3. The minimum absolute atomic E-state index is 0.00437. The molecule has 2 heterocycles.